The van der Waals surface area contributed by atoms with E-state index in [-0.39, 0.29) is 5.92 Å². The summed E-state index contributed by atoms with van der Waals surface area (Å²) in [7, 11) is 1.69. The quantitative estimate of drug-likeness (QED) is 0.552. The molecule has 3 aromatic rings. The topological polar surface area (TPSA) is 26.3 Å². The Labute approximate surface area is 155 Å². The van der Waals surface area contributed by atoms with Gasteiger partial charge in [0.15, 0.2) is 0 Å². The SMILES string of the molecule is COc1cccc(C(Cc2ccc(C)c(C)c2)c2ccc(C=O)cc2)c1. The molecule has 0 aromatic heterocycles. The molecule has 2 heteroatoms. The predicted molar refractivity (Wildman–Crippen MR) is 106 cm³/mol. The van der Waals surface area contributed by atoms with E-state index in [2.05, 4.69) is 56.3 Å². The smallest absolute Gasteiger partial charge is 0.150 e. The molecule has 3 aromatic carbocycles. The van der Waals surface area contributed by atoms with E-state index in [0.29, 0.717) is 5.56 Å². The summed E-state index contributed by atoms with van der Waals surface area (Å²) in [6.07, 6.45) is 1.78. The highest BCUT2D eigenvalue weighted by Gasteiger charge is 2.16. The largest absolute Gasteiger partial charge is 0.497 e. The Morgan fingerprint density at radius 2 is 1.65 bits per heavy atom. The van der Waals surface area contributed by atoms with Gasteiger partial charge in [-0.3, -0.25) is 4.79 Å². The van der Waals surface area contributed by atoms with Crippen LogP contribution in [0.25, 0.3) is 0 Å². The van der Waals surface area contributed by atoms with Crippen LogP contribution >= 0.6 is 0 Å². The van der Waals surface area contributed by atoms with Crippen molar-refractivity contribution >= 4 is 6.29 Å². The summed E-state index contributed by atoms with van der Waals surface area (Å²) in [6.45, 7) is 4.29. The Kier molecular flexibility index (Phi) is 5.52. The summed E-state index contributed by atoms with van der Waals surface area (Å²) in [5.74, 6) is 1.06. The average Bonchev–Trinajstić information content (AvgIpc) is 2.69. The van der Waals surface area contributed by atoms with Gasteiger partial charge >= 0.3 is 0 Å². The van der Waals surface area contributed by atoms with Gasteiger partial charge in [-0.2, -0.15) is 0 Å². The van der Waals surface area contributed by atoms with E-state index in [1.807, 2.05) is 24.3 Å². The van der Waals surface area contributed by atoms with Crippen LogP contribution < -0.4 is 4.74 Å². The summed E-state index contributed by atoms with van der Waals surface area (Å²) >= 11 is 0. The number of carbonyl (C=O) groups excluding carboxylic acids is 1. The fraction of sp³-hybridized carbons (Fsp3) is 0.208. The summed E-state index contributed by atoms with van der Waals surface area (Å²) in [4.78, 5) is 11.0. The third-order valence-corrected chi connectivity index (χ3v) is 4.98. The highest BCUT2D eigenvalue weighted by Crippen LogP contribution is 2.31. The zero-order valence-electron chi connectivity index (χ0n) is 15.5. The normalized spacial score (nSPS) is 11.8. The molecule has 1 atom stereocenters. The van der Waals surface area contributed by atoms with Gasteiger partial charge < -0.3 is 4.74 Å². The monoisotopic (exact) mass is 344 g/mol. The van der Waals surface area contributed by atoms with Crippen molar-refractivity contribution in [3.05, 3.63) is 100 Å². The second-order valence-electron chi connectivity index (χ2n) is 6.74. The lowest BCUT2D eigenvalue weighted by atomic mass is 9.85. The van der Waals surface area contributed by atoms with Crippen LogP contribution in [-0.4, -0.2) is 13.4 Å². The number of rotatable bonds is 6. The maximum Gasteiger partial charge on any atom is 0.150 e. The second-order valence-corrected chi connectivity index (χ2v) is 6.74. The number of benzene rings is 3. The summed E-state index contributed by atoms with van der Waals surface area (Å²) in [5.41, 5.74) is 7.03. The first-order chi connectivity index (χ1) is 12.6. The fourth-order valence-electron chi connectivity index (χ4n) is 3.26. The van der Waals surface area contributed by atoms with Gasteiger partial charge in [0, 0.05) is 11.5 Å². The fourth-order valence-corrected chi connectivity index (χ4v) is 3.26. The molecule has 0 saturated heterocycles. The highest BCUT2D eigenvalue weighted by molar-refractivity contribution is 5.74. The maximum atomic E-state index is 11.0. The van der Waals surface area contributed by atoms with Crippen molar-refractivity contribution in [3.8, 4) is 5.75 Å². The van der Waals surface area contributed by atoms with E-state index in [0.717, 1.165) is 18.5 Å². The predicted octanol–water partition coefficient (Wildman–Crippen LogP) is 5.50. The van der Waals surface area contributed by atoms with Crippen LogP contribution in [0.15, 0.2) is 66.7 Å². The number of carbonyl (C=O) groups is 1. The van der Waals surface area contributed by atoms with Crippen LogP contribution in [0.1, 0.15) is 44.1 Å². The van der Waals surface area contributed by atoms with Crippen LogP contribution in [0.2, 0.25) is 0 Å². The van der Waals surface area contributed by atoms with Crippen LogP contribution in [0.4, 0.5) is 0 Å². The van der Waals surface area contributed by atoms with E-state index in [1.165, 1.54) is 27.8 Å². The number of methoxy groups -OCH3 is 1. The van der Waals surface area contributed by atoms with Gasteiger partial charge in [0.25, 0.3) is 0 Å². The first-order valence-electron chi connectivity index (χ1n) is 8.86. The first kappa shape index (κ1) is 17.9. The Morgan fingerprint density at radius 3 is 2.31 bits per heavy atom. The van der Waals surface area contributed by atoms with E-state index in [1.54, 1.807) is 7.11 Å². The van der Waals surface area contributed by atoms with Crippen molar-refractivity contribution in [2.24, 2.45) is 0 Å². The van der Waals surface area contributed by atoms with Gasteiger partial charge in [-0.1, -0.05) is 54.6 Å². The Bertz CT molecular complexity index is 894. The van der Waals surface area contributed by atoms with Crippen LogP contribution in [0.3, 0.4) is 0 Å². The molecule has 0 saturated carbocycles. The molecule has 0 amide bonds. The summed E-state index contributed by atoms with van der Waals surface area (Å²) in [6, 6.07) is 22.8. The molecule has 0 aliphatic carbocycles. The minimum Gasteiger partial charge on any atom is -0.497 e. The first-order valence-corrected chi connectivity index (χ1v) is 8.86. The number of hydrogen-bond donors (Lipinski definition) is 0. The minimum absolute atomic E-state index is 0.202. The maximum absolute atomic E-state index is 11.0. The number of ether oxygens (including phenoxy) is 1. The molecule has 0 N–H and O–H groups in total. The van der Waals surface area contributed by atoms with Crippen LogP contribution in [-0.2, 0) is 6.42 Å². The molecule has 3 rings (SSSR count). The van der Waals surface area contributed by atoms with Gasteiger partial charge in [-0.05, 0) is 60.2 Å². The molecule has 0 fully saturated rings. The molecule has 0 spiro atoms. The lowest BCUT2D eigenvalue weighted by Crippen LogP contribution is -2.06. The van der Waals surface area contributed by atoms with E-state index in [4.69, 9.17) is 4.74 Å². The average molecular weight is 344 g/mol. The molecule has 26 heavy (non-hydrogen) atoms. The molecule has 0 aliphatic heterocycles. The van der Waals surface area contributed by atoms with Crippen molar-refractivity contribution in [1.82, 2.24) is 0 Å². The van der Waals surface area contributed by atoms with Crippen molar-refractivity contribution in [2.45, 2.75) is 26.2 Å². The lowest BCUT2D eigenvalue weighted by molar-refractivity contribution is 0.112. The number of aryl methyl sites for hydroxylation is 2. The highest BCUT2D eigenvalue weighted by atomic mass is 16.5. The van der Waals surface area contributed by atoms with Crippen molar-refractivity contribution in [1.29, 1.82) is 0 Å². The zero-order chi connectivity index (χ0) is 18.5. The molecule has 2 nitrogen and oxygen atoms in total. The molecular formula is C24H24O2. The zero-order valence-corrected chi connectivity index (χ0v) is 15.5. The molecule has 132 valence electrons. The van der Waals surface area contributed by atoms with Gasteiger partial charge in [-0.15, -0.1) is 0 Å². The van der Waals surface area contributed by atoms with Crippen LogP contribution in [0, 0.1) is 13.8 Å². The molecular weight excluding hydrogens is 320 g/mol. The Balaban J connectivity index is 2.01. The summed E-state index contributed by atoms with van der Waals surface area (Å²) in [5, 5.41) is 0. The minimum atomic E-state index is 0.202. The van der Waals surface area contributed by atoms with Crippen molar-refractivity contribution in [2.75, 3.05) is 7.11 Å². The lowest BCUT2D eigenvalue weighted by Gasteiger charge is -2.20. The molecule has 0 heterocycles. The number of hydrogen-bond acceptors (Lipinski definition) is 2. The second kappa shape index (κ2) is 8.01. The Hall–Kier alpha value is -2.87. The third kappa shape index (κ3) is 4.02. The van der Waals surface area contributed by atoms with E-state index >= 15 is 0 Å². The van der Waals surface area contributed by atoms with Gasteiger partial charge in [0.2, 0.25) is 0 Å². The van der Waals surface area contributed by atoms with Crippen LogP contribution in [0.5, 0.6) is 5.75 Å². The molecule has 0 radical (unpaired) electrons. The van der Waals surface area contributed by atoms with Gasteiger partial charge in [0.1, 0.15) is 12.0 Å². The number of aldehydes is 1. The summed E-state index contributed by atoms with van der Waals surface area (Å²) < 4.78 is 5.42. The van der Waals surface area contributed by atoms with E-state index in [9.17, 15) is 4.79 Å². The Morgan fingerprint density at radius 1 is 0.885 bits per heavy atom. The van der Waals surface area contributed by atoms with Gasteiger partial charge in [-0.25, -0.2) is 0 Å². The molecule has 0 bridgehead atoms. The van der Waals surface area contributed by atoms with Crippen molar-refractivity contribution in [3.63, 3.8) is 0 Å². The molecule has 1 unspecified atom stereocenters. The van der Waals surface area contributed by atoms with E-state index < -0.39 is 0 Å². The molecule has 0 aliphatic rings. The standard InChI is InChI=1S/C24H24O2/c1-17-7-8-20(13-18(17)2)14-24(21-11-9-19(16-25)10-12-21)22-5-4-6-23(15-22)26-3/h4-13,15-16,24H,14H2,1-3H3. The van der Waals surface area contributed by atoms with Gasteiger partial charge in [0.05, 0.1) is 7.11 Å². The van der Waals surface area contributed by atoms with Crippen molar-refractivity contribution < 1.29 is 9.53 Å². The third-order valence-electron chi connectivity index (χ3n) is 4.98.